The van der Waals surface area contributed by atoms with Crippen LogP contribution in [0.25, 0.3) is 6.08 Å². The molecular formula is C9H10O2. The summed E-state index contributed by atoms with van der Waals surface area (Å²) < 4.78 is 4.93. The SMILES string of the molecule is C=Cc1cc(O)cc(OC)c1. The first kappa shape index (κ1) is 7.66. The molecule has 1 aromatic carbocycles. The molecular weight excluding hydrogens is 140 g/mol. The van der Waals surface area contributed by atoms with Crippen molar-refractivity contribution in [1.82, 2.24) is 0 Å². The van der Waals surface area contributed by atoms with Crippen LogP contribution in [-0.4, -0.2) is 12.2 Å². The largest absolute Gasteiger partial charge is 0.508 e. The fourth-order valence-corrected chi connectivity index (χ4v) is 0.841. The number of hydrogen-bond acceptors (Lipinski definition) is 2. The van der Waals surface area contributed by atoms with Crippen molar-refractivity contribution in [2.75, 3.05) is 7.11 Å². The lowest BCUT2D eigenvalue weighted by Gasteiger charge is -2.01. The normalized spacial score (nSPS) is 9.18. The maximum Gasteiger partial charge on any atom is 0.123 e. The summed E-state index contributed by atoms with van der Waals surface area (Å²) in [7, 11) is 1.56. The van der Waals surface area contributed by atoms with E-state index in [1.54, 1.807) is 31.4 Å². The Morgan fingerprint density at radius 2 is 2.18 bits per heavy atom. The molecule has 1 N–H and O–H groups in total. The van der Waals surface area contributed by atoms with Crippen LogP contribution >= 0.6 is 0 Å². The summed E-state index contributed by atoms with van der Waals surface area (Å²) in [6.45, 7) is 3.58. The number of benzene rings is 1. The maximum absolute atomic E-state index is 9.13. The van der Waals surface area contributed by atoms with Gasteiger partial charge in [0.05, 0.1) is 7.11 Å². The molecule has 0 saturated heterocycles. The topological polar surface area (TPSA) is 29.5 Å². The van der Waals surface area contributed by atoms with Crippen molar-refractivity contribution < 1.29 is 9.84 Å². The summed E-state index contributed by atoms with van der Waals surface area (Å²) in [6.07, 6.45) is 1.65. The Morgan fingerprint density at radius 3 is 2.73 bits per heavy atom. The number of methoxy groups -OCH3 is 1. The summed E-state index contributed by atoms with van der Waals surface area (Å²) >= 11 is 0. The number of phenolic OH excluding ortho intramolecular Hbond substituents is 1. The zero-order valence-corrected chi connectivity index (χ0v) is 6.37. The van der Waals surface area contributed by atoms with E-state index in [4.69, 9.17) is 9.84 Å². The Labute approximate surface area is 65.7 Å². The lowest BCUT2D eigenvalue weighted by atomic mass is 10.2. The van der Waals surface area contributed by atoms with Crippen LogP contribution in [0, 0.1) is 0 Å². The van der Waals surface area contributed by atoms with Crippen LogP contribution in [0.5, 0.6) is 11.5 Å². The van der Waals surface area contributed by atoms with Crippen molar-refractivity contribution >= 4 is 6.08 Å². The second-order valence-electron chi connectivity index (χ2n) is 2.17. The first-order chi connectivity index (χ1) is 5.26. The Balaban J connectivity index is 3.11. The van der Waals surface area contributed by atoms with Gasteiger partial charge in [-0.15, -0.1) is 0 Å². The molecule has 0 fully saturated rings. The van der Waals surface area contributed by atoms with E-state index >= 15 is 0 Å². The lowest BCUT2D eigenvalue weighted by Crippen LogP contribution is -1.82. The van der Waals surface area contributed by atoms with Gasteiger partial charge < -0.3 is 9.84 Å². The quantitative estimate of drug-likeness (QED) is 0.699. The number of rotatable bonds is 2. The Bertz CT molecular complexity index is 266. The molecule has 0 aromatic heterocycles. The summed E-state index contributed by atoms with van der Waals surface area (Å²) in [5, 5.41) is 9.13. The molecule has 1 aromatic rings. The van der Waals surface area contributed by atoms with Crippen LogP contribution in [0.1, 0.15) is 5.56 Å². The smallest absolute Gasteiger partial charge is 0.123 e. The average molecular weight is 150 g/mol. The molecule has 2 heteroatoms. The highest BCUT2D eigenvalue weighted by Crippen LogP contribution is 2.21. The number of aromatic hydroxyl groups is 1. The van der Waals surface area contributed by atoms with Gasteiger partial charge >= 0.3 is 0 Å². The predicted octanol–water partition coefficient (Wildman–Crippen LogP) is 2.04. The summed E-state index contributed by atoms with van der Waals surface area (Å²) in [5.41, 5.74) is 0.849. The fraction of sp³-hybridized carbons (Fsp3) is 0.111. The number of hydrogen-bond donors (Lipinski definition) is 1. The molecule has 0 aliphatic heterocycles. The summed E-state index contributed by atoms with van der Waals surface area (Å²) in [4.78, 5) is 0. The van der Waals surface area contributed by atoms with E-state index < -0.39 is 0 Å². The second-order valence-corrected chi connectivity index (χ2v) is 2.17. The van der Waals surface area contributed by atoms with Gasteiger partial charge in [0.25, 0.3) is 0 Å². The van der Waals surface area contributed by atoms with Crippen molar-refractivity contribution in [2.45, 2.75) is 0 Å². The van der Waals surface area contributed by atoms with E-state index in [1.807, 2.05) is 0 Å². The third-order valence-corrected chi connectivity index (χ3v) is 1.39. The zero-order chi connectivity index (χ0) is 8.27. The minimum Gasteiger partial charge on any atom is -0.508 e. The molecule has 1 rings (SSSR count). The van der Waals surface area contributed by atoms with E-state index in [9.17, 15) is 0 Å². The van der Waals surface area contributed by atoms with Gasteiger partial charge in [-0.25, -0.2) is 0 Å². The van der Waals surface area contributed by atoms with Crippen molar-refractivity contribution in [1.29, 1.82) is 0 Å². The molecule has 0 heterocycles. The monoisotopic (exact) mass is 150 g/mol. The number of ether oxygens (including phenoxy) is 1. The molecule has 0 saturated carbocycles. The first-order valence-corrected chi connectivity index (χ1v) is 3.26. The summed E-state index contributed by atoms with van der Waals surface area (Å²) in [5.74, 6) is 0.833. The molecule has 58 valence electrons. The lowest BCUT2D eigenvalue weighted by molar-refractivity contribution is 0.407. The molecule has 0 atom stereocenters. The first-order valence-electron chi connectivity index (χ1n) is 3.26. The van der Waals surface area contributed by atoms with Gasteiger partial charge in [-0.05, 0) is 17.7 Å². The molecule has 0 unspecified atom stereocenters. The van der Waals surface area contributed by atoms with Crippen LogP contribution in [-0.2, 0) is 0 Å². The standard InChI is InChI=1S/C9H10O2/c1-3-7-4-8(10)6-9(5-7)11-2/h3-6,10H,1H2,2H3. The Morgan fingerprint density at radius 1 is 1.45 bits per heavy atom. The van der Waals surface area contributed by atoms with Crippen molar-refractivity contribution in [3.05, 3.63) is 30.3 Å². The second kappa shape index (κ2) is 3.10. The molecule has 0 aliphatic rings. The minimum absolute atomic E-state index is 0.194. The van der Waals surface area contributed by atoms with Crippen molar-refractivity contribution in [3.8, 4) is 11.5 Å². The third-order valence-electron chi connectivity index (χ3n) is 1.39. The van der Waals surface area contributed by atoms with Gasteiger partial charge in [0.2, 0.25) is 0 Å². The fourth-order valence-electron chi connectivity index (χ4n) is 0.841. The molecule has 0 spiro atoms. The van der Waals surface area contributed by atoms with Crippen molar-refractivity contribution in [3.63, 3.8) is 0 Å². The maximum atomic E-state index is 9.13. The van der Waals surface area contributed by atoms with Crippen LogP contribution in [0.15, 0.2) is 24.8 Å². The average Bonchev–Trinajstić information content (AvgIpc) is 2.03. The third kappa shape index (κ3) is 1.74. The van der Waals surface area contributed by atoms with Crippen LogP contribution in [0.3, 0.4) is 0 Å². The molecule has 11 heavy (non-hydrogen) atoms. The van der Waals surface area contributed by atoms with Gasteiger partial charge in [0.1, 0.15) is 11.5 Å². The Hall–Kier alpha value is -1.44. The highest BCUT2D eigenvalue weighted by atomic mass is 16.5. The van der Waals surface area contributed by atoms with E-state index in [1.165, 1.54) is 0 Å². The molecule has 0 aliphatic carbocycles. The highest BCUT2D eigenvalue weighted by Gasteiger charge is 1.95. The molecule has 0 amide bonds. The van der Waals surface area contributed by atoms with Gasteiger partial charge in [-0.1, -0.05) is 12.7 Å². The van der Waals surface area contributed by atoms with Crippen LogP contribution in [0.4, 0.5) is 0 Å². The van der Waals surface area contributed by atoms with E-state index in [2.05, 4.69) is 6.58 Å². The van der Waals surface area contributed by atoms with Crippen LogP contribution in [0.2, 0.25) is 0 Å². The summed E-state index contributed by atoms with van der Waals surface area (Å²) in [6, 6.07) is 4.97. The Kier molecular flexibility index (Phi) is 2.16. The van der Waals surface area contributed by atoms with Gasteiger partial charge in [-0.3, -0.25) is 0 Å². The van der Waals surface area contributed by atoms with Crippen LogP contribution < -0.4 is 4.74 Å². The number of phenols is 1. The minimum atomic E-state index is 0.194. The van der Waals surface area contributed by atoms with E-state index in [-0.39, 0.29) is 5.75 Å². The van der Waals surface area contributed by atoms with Gasteiger partial charge in [0, 0.05) is 6.07 Å². The molecule has 0 radical (unpaired) electrons. The molecule has 0 bridgehead atoms. The van der Waals surface area contributed by atoms with Gasteiger partial charge in [-0.2, -0.15) is 0 Å². The zero-order valence-electron chi connectivity index (χ0n) is 6.37. The van der Waals surface area contributed by atoms with Crippen molar-refractivity contribution in [2.24, 2.45) is 0 Å². The predicted molar refractivity (Wildman–Crippen MR) is 44.7 cm³/mol. The van der Waals surface area contributed by atoms with E-state index in [0.29, 0.717) is 5.75 Å². The highest BCUT2D eigenvalue weighted by molar-refractivity contribution is 5.53. The van der Waals surface area contributed by atoms with Gasteiger partial charge in [0.15, 0.2) is 0 Å². The van der Waals surface area contributed by atoms with E-state index in [0.717, 1.165) is 5.56 Å². The molecule has 2 nitrogen and oxygen atoms in total.